The Bertz CT molecular complexity index is 700. The Morgan fingerprint density at radius 2 is 2.18 bits per heavy atom. The largest absolute Gasteiger partial charge is 0.454 e. The van der Waals surface area contributed by atoms with Crippen LogP contribution in [-0.4, -0.2) is 34.2 Å². The van der Waals surface area contributed by atoms with Crippen LogP contribution in [0.1, 0.15) is 40.5 Å². The predicted molar refractivity (Wildman–Crippen MR) is 84.2 cm³/mol. The molecule has 6 heteroatoms. The number of aryl methyl sites for hydroxylation is 1. The summed E-state index contributed by atoms with van der Waals surface area (Å²) in [6, 6.07) is 3.55. The first-order chi connectivity index (χ1) is 10.5. The minimum atomic E-state index is -0.0652. The van der Waals surface area contributed by atoms with Crippen LogP contribution in [0.4, 0.5) is 0 Å². The fourth-order valence-electron chi connectivity index (χ4n) is 2.51. The van der Waals surface area contributed by atoms with E-state index < -0.39 is 0 Å². The molecule has 1 amide bonds. The van der Waals surface area contributed by atoms with E-state index in [9.17, 15) is 4.79 Å². The van der Waals surface area contributed by atoms with E-state index in [0.29, 0.717) is 29.0 Å². The maximum Gasteiger partial charge on any atom is 0.289 e. The summed E-state index contributed by atoms with van der Waals surface area (Å²) in [6.07, 6.45) is 2.44. The van der Waals surface area contributed by atoms with E-state index in [1.165, 1.54) is 12.8 Å². The van der Waals surface area contributed by atoms with E-state index in [2.05, 4.69) is 5.10 Å². The normalized spacial score (nSPS) is 14.4. The van der Waals surface area contributed by atoms with Crippen molar-refractivity contribution < 1.29 is 9.21 Å². The van der Waals surface area contributed by atoms with Gasteiger partial charge in [-0.15, -0.1) is 0 Å². The molecule has 0 radical (unpaired) electrons. The lowest BCUT2D eigenvalue weighted by atomic mass is 10.3. The Balaban J connectivity index is 1.70. The molecule has 22 heavy (non-hydrogen) atoms. The maximum atomic E-state index is 12.3. The third kappa shape index (κ3) is 3.04. The first-order valence-corrected chi connectivity index (χ1v) is 7.87. The highest BCUT2D eigenvalue weighted by molar-refractivity contribution is 6.31. The number of furan rings is 1. The maximum absolute atomic E-state index is 12.3. The van der Waals surface area contributed by atoms with Crippen LogP contribution < -0.4 is 0 Å². The molecule has 2 aromatic heterocycles. The van der Waals surface area contributed by atoms with Crippen molar-refractivity contribution >= 4 is 17.5 Å². The van der Waals surface area contributed by atoms with Crippen molar-refractivity contribution in [3.05, 3.63) is 40.1 Å². The van der Waals surface area contributed by atoms with Crippen LogP contribution in [0.15, 0.2) is 16.5 Å². The van der Waals surface area contributed by atoms with Crippen molar-refractivity contribution in [1.82, 2.24) is 14.7 Å². The van der Waals surface area contributed by atoms with Gasteiger partial charge in [-0.2, -0.15) is 5.10 Å². The lowest BCUT2D eigenvalue weighted by Crippen LogP contribution is -2.28. The predicted octanol–water partition coefficient (Wildman–Crippen LogP) is 3.28. The summed E-state index contributed by atoms with van der Waals surface area (Å²) < 4.78 is 7.47. The van der Waals surface area contributed by atoms with Crippen molar-refractivity contribution in [1.29, 1.82) is 0 Å². The number of halogens is 1. The summed E-state index contributed by atoms with van der Waals surface area (Å²) in [5.74, 6) is 1.68. The fourth-order valence-corrected chi connectivity index (χ4v) is 2.65. The van der Waals surface area contributed by atoms with Gasteiger partial charge in [0.15, 0.2) is 5.76 Å². The van der Waals surface area contributed by atoms with Crippen molar-refractivity contribution in [2.45, 2.75) is 33.2 Å². The van der Waals surface area contributed by atoms with Crippen molar-refractivity contribution in [3.8, 4) is 0 Å². The van der Waals surface area contributed by atoms with Gasteiger partial charge in [-0.3, -0.25) is 9.48 Å². The van der Waals surface area contributed by atoms with E-state index in [1.807, 2.05) is 27.0 Å². The highest BCUT2D eigenvalue weighted by atomic mass is 35.5. The first-order valence-electron chi connectivity index (χ1n) is 7.49. The van der Waals surface area contributed by atoms with Crippen molar-refractivity contribution in [2.75, 3.05) is 13.6 Å². The summed E-state index contributed by atoms with van der Waals surface area (Å²) in [5, 5.41) is 5.04. The number of carbonyl (C=O) groups is 1. The molecule has 0 aliphatic heterocycles. The van der Waals surface area contributed by atoms with Crippen LogP contribution in [0.25, 0.3) is 0 Å². The molecule has 0 spiro atoms. The molecule has 1 saturated carbocycles. The van der Waals surface area contributed by atoms with Gasteiger partial charge in [-0.1, -0.05) is 11.6 Å². The first kappa shape index (κ1) is 15.2. The van der Waals surface area contributed by atoms with Crippen LogP contribution in [-0.2, 0) is 6.54 Å². The number of hydrogen-bond donors (Lipinski definition) is 0. The Hall–Kier alpha value is -1.75. The van der Waals surface area contributed by atoms with Gasteiger partial charge in [0.2, 0.25) is 0 Å². The molecule has 1 fully saturated rings. The quantitative estimate of drug-likeness (QED) is 0.849. The lowest BCUT2D eigenvalue weighted by Gasteiger charge is -2.14. The van der Waals surface area contributed by atoms with E-state index >= 15 is 0 Å². The van der Waals surface area contributed by atoms with Crippen LogP contribution in [0.3, 0.4) is 0 Å². The molecule has 1 aliphatic rings. The second-order valence-electron chi connectivity index (χ2n) is 6.04. The van der Waals surface area contributed by atoms with E-state index in [4.69, 9.17) is 16.0 Å². The smallest absolute Gasteiger partial charge is 0.289 e. The molecule has 118 valence electrons. The monoisotopic (exact) mass is 321 g/mol. The Kier molecular flexibility index (Phi) is 4.00. The molecule has 1 aliphatic carbocycles. The number of nitrogens with zero attached hydrogens (tertiary/aromatic N) is 3. The molecular formula is C16H20ClN3O2. The van der Waals surface area contributed by atoms with E-state index in [1.54, 1.807) is 15.6 Å². The molecule has 0 saturated heterocycles. The van der Waals surface area contributed by atoms with E-state index in [0.717, 1.165) is 17.9 Å². The van der Waals surface area contributed by atoms with Gasteiger partial charge in [0.1, 0.15) is 5.76 Å². The Labute approximate surface area is 134 Å². The summed E-state index contributed by atoms with van der Waals surface area (Å²) in [5.41, 5.74) is 1.69. The van der Waals surface area contributed by atoms with Crippen molar-refractivity contribution in [3.63, 3.8) is 0 Å². The third-order valence-electron chi connectivity index (χ3n) is 4.05. The molecule has 3 rings (SSSR count). The standard InChI is InChI=1S/C16H20ClN3O2/c1-10-15(17)11(2)20(18-10)9-13-6-7-14(22-13)16(21)19(3)8-12-4-5-12/h6-7,12H,4-5,8-9H2,1-3H3. The lowest BCUT2D eigenvalue weighted by molar-refractivity contribution is 0.0755. The number of rotatable bonds is 5. The van der Waals surface area contributed by atoms with Crippen LogP contribution >= 0.6 is 11.6 Å². The highest BCUT2D eigenvalue weighted by Gasteiger charge is 2.26. The van der Waals surface area contributed by atoms with Gasteiger partial charge in [0.05, 0.1) is 23.0 Å². The summed E-state index contributed by atoms with van der Waals surface area (Å²) >= 11 is 6.14. The summed E-state index contributed by atoms with van der Waals surface area (Å²) in [4.78, 5) is 14.0. The zero-order chi connectivity index (χ0) is 15.9. The number of carbonyl (C=O) groups excluding carboxylic acids is 1. The van der Waals surface area contributed by atoms with Crippen LogP contribution in [0, 0.1) is 19.8 Å². The Morgan fingerprint density at radius 1 is 1.45 bits per heavy atom. The van der Waals surface area contributed by atoms with Gasteiger partial charge >= 0.3 is 0 Å². The summed E-state index contributed by atoms with van der Waals surface area (Å²) in [6.45, 7) is 5.07. The van der Waals surface area contributed by atoms with Crippen LogP contribution in [0.5, 0.6) is 0 Å². The minimum absolute atomic E-state index is 0.0652. The highest BCUT2D eigenvalue weighted by Crippen LogP contribution is 2.29. The molecule has 5 nitrogen and oxygen atoms in total. The molecule has 0 bridgehead atoms. The van der Waals surface area contributed by atoms with Gasteiger partial charge in [0.25, 0.3) is 5.91 Å². The molecule has 0 atom stereocenters. The molecule has 0 N–H and O–H groups in total. The SMILES string of the molecule is Cc1nn(Cc2ccc(C(=O)N(C)CC3CC3)o2)c(C)c1Cl. The van der Waals surface area contributed by atoms with Gasteiger partial charge in [0, 0.05) is 13.6 Å². The zero-order valence-electron chi connectivity index (χ0n) is 13.1. The minimum Gasteiger partial charge on any atom is -0.454 e. The van der Waals surface area contributed by atoms with Crippen molar-refractivity contribution in [2.24, 2.45) is 5.92 Å². The van der Waals surface area contributed by atoms with Gasteiger partial charge < -0.3 is 9.32 Å². The fraction of sp³-hybridized carbons (Fsp3) is 0.500. The van der Waals surface area contributed by atoms with Crippen LogP contribution in [0.2, 0.25) is 5.02 Å². The third-order valence-corrected chi connectivity index (χ3v) is 4.59. The second-order valence-corrected chi connectivity index (χ2v) is 6.42. The second kappa shape index (κ2) is 5.80. The van der Waals surface area contributed by atoms with Gasteiger partial charge in [-0.25, -0.2) is 0 Å². The topological polar surface area (TPSA) is 51.3 Å². The molecule has 0 aromatic carbocycles. The number of aromatic nitrogens is 2. The average Bonchev–Trinajstić information content (AvgIpc) is 3.13. The number of amides is 1. The van der Waals surface area contributed by atoms with Gasteiger partial charge in [-0.05, 0) is 44.7 Å². The van der Waals surface area contributed by atoms with E-state index in [-0.39, 0.29) is 5.91 Å². The average molecular weight is 322 g/mol. The molecule has 0 unspecified atom stereocenters. The number of hydrogen-bond acceptors (Lipinski definition) is 3. The Morgan fingerprint density at radius 3 is 2.77 bits per heavy atom. The molecular weight excluding hydrogens is 302 g/mol. The zero-order valence-corrected chi connectivity index (χ0v) is 13.9. The summed E-state index contributed by atoms with van der Waals surface area (Å²) in [7, 11) is 1.82. The molecule has 2 heterocycles. The molecule has 2 aromatic rings.